The number of β-lactam (4-membered cyclic amide) rings is 1. The molecule has 0 unspecified atom stereocenters. The number of nitrogens with one attached hydrogen (secondary N) is 1. The molecule has 14 heteroatoms. The summed E-state index contributed by atoms with van der Waals surface area (Å²) in [6.07, 6.45) is 0.493. The molecule has 0 bridgehead atoms. The maximum Gasteiger partial charge on any atom is 0.646 e. The molecule has 2 aromatic carbocycles. The van der Waals surface area contributed by atoms with E-state index in [2.05, 4.69) is 37.6 Å². The molecule has 11 nitrogen and oxygen atoms in total. The number of rotatable bonds is 12. The van der Waals surface area contributed by atoms with Gasteiger partial charge in [-0.2, -0.15) is 17.2 Å². The summed E-state index contributed by atoms with van der Waals surface area (Å²) in [6, 6.07) is 17.0. The van der Waals surface area contributed by atoms with Gasteiger partial charge in [0.1, 0.15) is 17.3 Å². The molecule has 0 radical (unpaired) electrons. The van der Waals surface area contributed by atoms with Crippen molar-refractivity contribution in [3.05, 3.63) is 72.1 Å². The van der Waals surface area contributed by atoms with Crippen molar-refractivity contribution < 1.29 is 41.7 Å². The van der Waals surface area contributed by atoms with E-state index in [0.717, 1.165) is 6.54 Å². The fourth-order valence-electron chi connectivity index (χ4n) is 5.68. The molecule has 1 N–H and O–H groups in total. The topological polar surface area (TPSA) is 130 Å². The first-order valence-corrected chi connectivity index (χ1v) is 20.7. The number of phosphoric ester groups is 1. The molecule has 46 heavy (non-hydrogen) atoms. The number of esters is 1. The van der Waals surface area contributed by atoms with Crippen molar-refractivity contribution in [3.63, 3.8) is 0 Å². The summed E-state index contributed by atoms with van der Waals surface area (Å²) in [4.78, 5) is 36.9. The van der Waals surface area contributed by atoms with Crippen molar-refractivity contribution in [2.75, 3.05) is 13.2 Å². The van der Waals surface area contributed by atoms with E-state index in [0.29, 0.717) is 29.4 Å². The van der Waals surface area contributed by atoms with Gasteiger partial charge in [0, 0.05) is 37.5 Å². The molecule has 250 valence electrons. The lowest BCUT2D eigenvalue weighted by Gasteiger charge is -2.48. The van der Waals surface area contributed by atoms with Crippen LogP contribution in [0.1, 0.15) is 33.6 Å². The highest BCUT2D eigenvalue weighted by Crippen LogP contribution is 2.57. The summed E-state index contributed by atoms with van der Waals surface area (Å²) in [5.41, 5.74) is 0.503. The first-order valence-electron chi connectivity index (χ1n) is 15.3. The molecule has 3 heterocycles. The predicted octanol–water partition coefficient (Wildman–Crippen LogP) is 5.96. The van der Waals surface area contributed by atoms with E-state index >= 15 is 0 Å². The average molecular weight is 691 g/mol. The quantitative estimate of drug-likeness (QED) is 0.0912. The van der Waals surface area contributed by atoms with Crippen LogP contribution < -0.4 is 14.4 Å². The Morgan fingerprint density at radius 2 is 1.59 bits per heavy atom. The number of nitrogens with zero attached hydrogens (tertiary/aromatic N) is 1. The average Bonchev–Trinajstić information content (AvgIpc) is 3.45. The van der Waals surface area contributed by atoms with Gasteiger partial charge >= 0.3 is 13.8 Å². The smallest absolute Gasteiger partial charge is 0.465 e. The van der Waals surface area contributed by atoms with Gasteiger partial charge in [0.15, 0.2) is 8.32 Å². The molecular formula is C32H43N2O9PSSi. The number of thiol groups is 1. The van der Waals surface area contributed by atoms with Crippen LogP contribution in [0.2, 0.25) is 19.6 Å². The van der Waals surface area contributed by atoms with Gasteiger partial charge in [0.2, 0.25) is 11.8 Å². The lowest BCUT2D eigenvalue weighted by molar-refractivity contribution is -0.159. The third-order valence-electron chi connectivity index (χ3n) is 7.47. The summed E-state index contributed by atoms with van der Waals surface area (Å²) in [7, 11) is -6.20. The van der Waals surface area contributed by atoms with Crippen LogP contribution in [0.5, 0.6) is 11.5 Å². The minimum Gasteiger partial charge on any atom is -0.465 e. The molecule has 3 aliphatic heterocycles. The van der Waals surface area contributed by atoms with E-state index in [1.54, 1.807) is 53.4 Å². The lowest BCUT2D eigenvalue weighted by Crippen LogP contribution is -2.64. The Balaban J connectivity index is 0.000000606. The van der Waals surface area contributed by atoms with Crippen molar-refractivity contribution in [1.29, 1.82) is 0 Å². The third-order valence-corrected chi connectivity index (χ3v) is 10.2. The van der Waals surface area contributed by atoms with Gasteiger partial charge in [-0.1, -0.05) is 43.3 Å². The van der Waals surface area contributed by atoms with Gasteiger partial charge in [-0.05, 0) is 50.8 Å². The predicted molar refractivity (Wildman–Crippen MR) is 179 cm³/mol. The molecule has 3 aliphatic rings. The molecule has 0 aliphatic carbocycles. The maximum absolute atomic E-state index is 14.2. The Labute approximate surface area is 277 Å². The third kappa shape index (κ3) is 9.18. The number of hydrogen-bond donors (Lipinski definition) is 2. The Kier molecular flexibility index (Phi) is 11.7. The number of amides is 2. The van der Waals surface area contributed by atoms with Gasteiger partial charge in [0.05, 0.1) is 30.4 Å². The number of carbonyl (C=O) groups is 3. The number of fused-ring (bicyclic) bond motifs is 1. The Hall–Kier alpha value is -3.25. The van der Waals surface area contributed by atoms with Crippen LogP contribution in [0.3, 0.4) is 0 Å². The molecule has 0 spiro atoms. The minimum atomic E-state index is -4.29. The van der Waals surface area contributed by atoms with Crippen LogP contribution >= 0.6 is 20.5 Å². The van der Waals surface area contributed by atoms with E-state index < -0.39 is 22.1 Å². The van der Waals surface area contributed by atoms with Crippen LogP contribution in [0.15, 0.2) is 72.1 Å². The van der Waals surface area contributed by atoms with E-state index in [-0.39, 0.29) is 54.1 Å². The SMILES string of the molecule is CC(=O)OCCC1=C(OP(=O)(Oc2ccccc2)Oc2ccccc2)[C@H](C)[C@@H]2[C@@H]([C@@H](C)O[Si](C)(C)C)C(=O)N12.O=C1C[C@@H](S)CN1. The number of hydrogen-bond acceptors (Lipinski definition) is 10. The van der Waals surface area contributed by atoms with Gasteiger partial charge in [-0.15, -0.1) is 0 Å². The number of para-hydroxylation sites is 2. The summed E-state index contributed by atoms with van der Waals surface area (Å²) in [5, 5.41) is 2.91. The molecule has 2 aromatic rings. The molecule has 0 aromatic heterocycles. The first kappa shape index (κ1) is 35.6. The Morgan fingerprint density at radius 1 is 1.02 bits per heavy atom. The fourth-order valence-corrected chi connectivity index (χ4v) is 8.59. The van der Waals surface area contributed by atoms with Crippen molar-refractivity contribution in [2.45, 2.75) is 70.6 Å². The van der Waals surface area contributed by atoms with Crippen LogP contribution in [0, 0.1) is 11.8 Å². The zero-order valence-electron chi connectivity index (χ0n) is 27.0. The van der Waals surface area contributed by atoms with Gasteiger partial charge in [-0.25, -0.2) is 0 Å². The molecular weight excluding hydrogens is 647 g/mol. The van der Waals surface area contributed by atoms with E-state index in [1.165, 1.54) is 6.92 Å². The summed E-state index contributed by atoms with van der Waals surface area (Å²) >= 11 is 4.07. The van der Waals surface area contributed by atoms with Crippen molar-refractivity contribution in [2.24, 2.45) is 11.8 Å². The highest BCUT2D eigenvalue weighted by Gasteiger charge is 2.60. The van der Waals surface area contributed by atoms with Crippen LogP contribution in [0.25, 0.3) is 0 Å². The second-order valence-electron chi connectivity index (χ2n) is 12.4. The van der Waals surface area contributed by atoms with E-state index in [9.17, 15) is 18.9 Å². The van der Waals surface area contributed by atoms with Gasteiger partial charge in [0.25, 0.3) is 0 Å². The fraction of sp³-hybridized carbons (Fsp3) is 0.469. The second-order valence-corrected chi connectivity index (χ2v) is 19.0. The summed E-state index contributed by atoms with van der Waals surface area (Å²) in [6.45, 7) is 12.2. The van der Waals surface area contributed by atoms with Crippen LogP contribution in [-0.2, 0) is 32.6 Å². The van der Waals surface area contributed by atoms with Gasteiger partial charge < -0.3 is 33.0 Å². The van der Waals surface area contributed by atoms with E-state index in [4.69, 9.17) is 22.7 Å². The monoisotopic (exact) mass is 690 g/mol. The Bertz CT molecular complexity index is 1430. The number of phosphoric acid groups is 1. The largest absolute Gasteiger partial charge is 0.646 e. The normalized spacial score (nSPS) is 23.0. The highest BCUT2D eigenvalue weighted by atomic mass is 32.1. The van der Waals surface area contributed by atoms with Crippen LogP contribution in [0.4, 0.5) is 0 Å². The molecule has 0 saturated carbocycles. The number of ether oxygens (including phenoxy) is 1. The maximum atomic E-state index is 14.2. The van der Waals surface area contributed by atoms with Crippen molar-refractivity contribution in [3.8, 4) is 11.5 Å². The Morgan fingerprint density at radius 3 is 2.02 bits per heavy atom. The molecule has 2 amide bonds. The lowest BCUT2D eigenvalue weighted by atomic mass is 9.79. The second kappa shape index (κ2) is 15.1. The molecule has 5 rings (SSSR count). The first-order chi connectivity index (χ1) is 21.7. The molecule has 5 atom stereocenters. The van der Waals surface area contributed by atoms with Gasteiger partial charge in [-0.3, -0.25) is 14.4 Å². The van der Waals surface area contributed by atoms with Crippen molar-refractivity contribution >= 4 is 46.6 Å². The zero-order valence-corrected chi connectivity index (χ0v) is 29.8. The standard InChI is InChI=1S/C28H36NO8PSi.C4H7NOS/c1-19-26-25(20(2)37-39(4,5)6)28(31)29(26)24(17-18-33-21(3)30)27(19)36-38(32,34-22-13-9-7-10-14-22)35-23-15-11-8-12-16-23;6-4-1-3(7)2-5-4/h7-16,19-20,25-26H,17-18H2,1-6H3;3,7H,1-2H2,(H,5,6)/t19-,20-,25-,26-;3-/m11/s1. The minimum absolute atomic E-state index is 0.0375. The summed E-state index contributed by atoms with van der Waals surface area (Å²) in [5.74, 6) is -0.204. The van der Waals surface area contributed by atoms with E-state index in [1.807, 2.05) is 26.0 Å². The number of carbonyl (C=O) groups excluding carboxylic acids is 3. The zero-order chi connectivity index (χ0) is 33.6. The van der Waals surface area contributed by atoms with Crippen LogP contribution in [-0.4, -0.2) is 61.5 Å². The highest BCUT2D eigenvalue weighted by molar-refractivity contribution is 7.81. The van der Waals surface area contributed by atoms with Crippen molar-refractivity contribution in [1.82, 2.24) is 10.2 Å². The molecule has 2 saturated heterocycles. The summed E-state index contributed by atoms with van der Waals surface area (Å²) < 4.78 is 43.5. The molecule has 2 fully saturated rings. The number of benzene rings is 2.